The van der Waals surface area contributed by atoms with Gasteiger partial charge < -0.3 is 0 Å². The Kier molecular flexibility index (Phi) is 4.63. The van der Waals surface area contributed by atoms with Crippen LogP contribution in [0.25, 0.3) is 34.2 Å². The second kappa shape index (κ2) is 7.24. The van der Waals surface area contributed by atoms with Gasteiger partial charge in [-0.05, 0) is 0 Å². The molecule has 0 fully saturated rings. The monoisotopic (exact) mass is 339 g/mol. The molecule has 3 aromatic carbocycles. The second-order valence-electron chi connectivity index (χ2n) is 6.11. The first kappa shape index (κ1) is 17.3. The molecule has 0 saturated heterocycles. The Labute approximate surface area is 162 Å². The average Bonchev–Trinajstić information content (AvgIpc) is 2.72. The van der Waals surface area contributed by atoms with Gasteiger partial charge >= 0.3 is 0 Å². The van der Waals surface area contributed by atoms with Crippen molar-refractivity contribution < 1.29 is 0 Å². The van der Waals surface area contributed by atoms with Gasteiger partial charge in [0.15, 0.2) is 17.5 Å². The average molecular weight is 339 g/mol. The molecule has 1 aromatic heterocycles. The van der Waals surface area contributed by atoms with Crippen molar-refractivity contribution in [1.82, 2.24) is 15.0 Å². The lowest BCUT2D eigenvalue weighted by atomic mass is 9.71. The number of nitrogens with zero attached hydrogens (tertiary/aromatic N) is 3. The molecule has 27 heavy (non-hydrogen) atoms. The van der Waals surface area contributed by atoms with E-state index < -0.39 is 0 Å². The van der Waals surface area contributed by atoms with E-state index in [2.05, 4.69) is 15.0 Å². The van der Waals surface area contributed by atoms with E-state index in [1.54, 1.807) is 12.1 Å². The van der Waals surface area contributed by atoms with Crippen molar-refractivity contribution in [2.24, 2.45) is 0 Å². The molecule has 4 rings (SSSR count). The fourth-order valence-corrected chi connectivity index (χ4v) is 2.77. The SMILES string of the molecule is [B]c1cc(-c2nc(-c3ccccc3)nc(-c3ccccc3)n2)cc([B])c1[B]. The fourth-order valence-electron chi connectivity index (χ4n) is 2.77. The van der Waals surface area contributed by atoms with Crippen molar-refractivity contribution >= 4 is 39.9 Å². The van der Waals surface area contributed by atoms with Crippen LogP contribution in [0.2, 0.25) is 0 Å². The summed E-state index contributed by atoms with van der Waals surface area (Å²) < 4.78 is 0. The van der Waals surface area contributed by atoms with Crippen LogP contribution in [0.4, 0.5) is 0 Å². The van der Waals surface area contributed by atoms with Crippen molar-refractivity contribution in [3.05, 3.63) is 72.8 Å². The summed E-state index contributed by atoms with van der Waals surface area (Å²) in [7, 11) is 17.8. The summed E-state index contributed by atoms with van der Waals surface area (Å²) in [6, 6.07) is 23.0. The Hall–Kier alpha value is -3.14. The minimum atomic E-state index is 0.361. The van der Waals surface area contributed by atoms with E-state index in [-0.39, 0.29) is 0 Å². The van der Waals surface area contributed by atoms with E-state index in [4.69, 9.17) is 23.5 Å². The number of hydrogen-bond donors (Lipinski definition) is 0. The standard InChI is InChI=1S/C21H12B3N3/c22-16-11-15(12-17(23)18(16)24)21-26-19(13-7-3-1-4-8-13)25-20(27-21)14-9-5-2-6-10-14/h1-12H. The minimum Gasteiger partial charge on any atom is -0.208 e. The maximum Gasteiger partial charge on any atom is 0.164 e. The highest BCUT2D eigenvalue weighted by molar-refractivity contribution is 6.57. The molecular formula is C21H12B3N3. The van der Waals surface area contributed by atoms with Crippen LogP contribution in [-0.2, 0) is 0 Å². The molecule has 0 unspecified atom stereocenters. The molecule has 6 radical (unpaired) electrons. The third-order valence-corrected chi connectivity index (χ3v) is 4.20. The van der Waals surface area contributed by atoms with Gasteiger partial charge in [0.25, 0.3) is 0 Å². The predicted octanol–water partition coefficient (Wildman–Crippen LogP) is 1.25. The van der Waals surface area contributed by atoms with Crippen LogP contribution in [0.15, 0.2) is 72.8 Å². The van der Waals surface area contributed by atoms with E-state index in [1.807, 2.05) is 60.7 Å². The van der Waals surface area contributed by atoms with Gasteiger partial charge in [0.05, 0.1) is 0 Å². The van der Waals surface area contributed by atoms with Crippen LogP contribution in [0, 0.1) is 0 Å². The molecule has 4 aromatic rings. The van der Waals surface area contributed by atoms with Gasteiger partial charge in [-0.15, -0.1) is 16.4 Å². The summed E-state index contributed by atoms with van der Waals surface area (Å²) in [4.78, 5) is 13.9. The van der Waals surface area contributed by atoms with Crippen molar-refractivity contribution in [2.45, 2.75) is 0 Å². The van der Waals surface area contributed by atoms with Crippen LogP contribution >= 0.6 is 0 Å². The van der Waals surface area contributed by atoms with E-state index >= 15 is 0 Å². The molecular weight excluding hydrogens is 327 g/mol. The molecule has 6 heteroatoms. The van der Waals surface area contributed by atoms with E-state index in [0.29, 0.717) is 39.4 Å². The van der Waals surface area contributed by atoms with E-state index in [0.717, 1.165) is 11.1 Å². The van der Waals surface area contributed by atoms with Crippen LogP contribution in [-0.4, -0.2) is 38.5 Å². The number of hydrogen-bond acceptors (Lipinski definition) is 3. The Morgan fingerprint density at radius 1 is 0.481 bits per heavy atom. The number of aromatic nitrogens is 3. The van der Waals surface area contributed by atoms with Gasteiger partial charge in [-0.25, -0.2) is 15.0 Å². The Morgan fingerprint density at radius 3 is 1.26 bits per heavy atom. The lowest BCUT2D eigenvalue weighted by Gasteiger charge is -2.12. The molecule has 0 aliphatic rings. The van der Waals surface area contributed by atoms with E-state index in [9.17, 15) is 0 Å². The molecule has 0 aliphatic carbocycles. The minimum absolute atomic E-state index is 0.361. The van der Waals surface area contributed by atoms with Crippen molar-refractivity contribution in [2.75, 3.05) is 0 Å². The summed E-state index contributed by atoms with van der Waals surface area (Å²) in [5.41, 5.74) is 3.64. The third kappa shape index (κ3) is 3.56. The summed E-state index contributed by atoms with van der Waals surface area (Å²) >= 11 is 0. The van der Waals surface area contributed by atoms with Crippen molar-refractivity contribution in [3.8, 4) is 34.2 Å². The van der Waals surface area contributed by atoms with Gasteiger partial charge in [-0.1, -0.05) is 72.8 Å². The Bertz CT molecular complexity index is 1020. The van der Waals surface area contributed by atoms with Crippen LogP contribution in [0.3, 0.4) is 0 Å². The van der Waals surface area contributed by atoms with Crippen LogP contribution in [0.5, 0.6) is 0 Å². The number of rotatable bonds is 3. The molecule has 0 aliphatic heterocycles. The van der Waals surface area contributed by atoms with Gasteiger partial charge in [0.2, 0.25) is 0 Å². The molecule has 0 amide bonds. The lowest BCUT2D eigenvalue weighted by molar-refractivity contribution is 1.07. The van der Waals surface area contributed by atoms with Gasteiger partial charge in [0, 0.05) is 16.7 Å². The molecule has 0 atom stereocenters. The smallest absolute Gasteiger partial charge is 0.164 e. The molecule has 0 spiro atoms. The summed E-state index contributed by atoms with van der Waals surface area (Å²) in [6.07, 6.45) is 0. The first-order valence-electron chi connectivity index (χ1n) is 8.43. The number of benzene rings is 3. The first-order chi connectivity index (χ1) is 13.1. The topological polar surface area (TPSA) is 38.7 Å². The van der Waals surface area contributed by atoms with Crippen molar-refractivity contribution in [3.63, 3.8) is 0 Å². The Morgan fingerprint density at radius 2 is 0.852 bits per heavy atom. The normalized spacial score (nSPS) is 10.7. The highest BCUT2D eigenvalue weighted by Crippen LogP contribution is 2.23. The van der Waals surface area contributed by atoms with Crippen molar-refractivity contribution in [1.29, 1.82) is 0 Å². The summed E-state index contributed by atoms with van der Waals surface area (Å²) in [6.45, 7) is 0. The molecule has 0 N–H and O–H groups in total. The molecule has 1 heterocycles. The predicted molar refractivity (Wildman–Crippen MR) is 112 cm³/mol. The van der Waals surface area contributed by atoms with Crippen LogP contribution in [0.1, 0.15) is 0 Å². The van der Waals surface area contributed by atoms with E-state index in [1.165, 1.54) is 0 Å². The van der Waals surface area contributed by atoms with Gasteiger partial charge in [0.1, 0.15) is 23.5 Å². The maximum atomic E-state index is 5.98. The molecule has 120 valence electrons. The van der Waals surface area contributed by atoms with Gasteiger partial charge in [-0.3, -0.25) is 0 Å². The van der Waals surface area contributed by atoms with Gasteiger partial charge in [-0.2, -0.15) is 0 Å². The fraction of sp³-hybridized carbons (Fsp3) is 0. The molecule has 0 bridgehead atoms. The Balaban J connectivity index is 1.94. The zero-order valence-electron chi connectivity index (χ0n) is 14.5. The second-order valence-corrected chi connectivity index (χ2v) is 6.11. The maximum absolute atomic E-state index is 5.98. The lowest BCUT2D eigenvalue weighted by Crippen LogP contribution is -2.38. The molecule has 0 saturated carbocycles. The molecule has 3 nitrogen and oxygen atoms in total. The summed E-state index contributed by atoms with van der Waals surface area (Å²) in [5.74, 6) is 1.64. The summed E-state index contributed by atoms with van der Waals surface area (Å²) in [5, 5.41) is 0. The quantitative estimate of drug-likeness (QED) is 0.528. The third-order valence-electron chi connectivity index (χ3n) is 4.20. The highest BCUT2D eigenvalue weighted by atomic mass is 15.0. The zero-order valence-corrected chi connectivity index (χ0v) is 14.5. The largest absolute Gasteiger partial charge is 0.208 e. The zero-order chi connectivity index (χ0) is 18.8. The van der Waals surface area contributed by atoms with Crippen LogP contribution < -0.4 is 16.4 Å². The first-order valence-corrected chi connectivity index (χ1v) is 8.43. The highest BCUT2D eigenvalue weighted by Gasteiger charge is 2.12.